The number of ether oxygens (including phenoxy) is 1. The number of hydrogen-bond acceptors (Lipinski definition) is 4. The van der Waals surface area contributed by atoms with Crippen molar-refractivity contribution < 1.29 is 27.1 Å². The van der Waals surface area contributed by atoms with Crippen LogP contribution in [0.25, 0.3) is 0 Å². The van der Waals surface area contributed by atoms with Crippen molar-refractivity contribution in [3.8, 4) is 0 Å². The molecule has 1 spiro atoms. The Labute approximate surface area is 195 Å². The monoisotopic (exact) mass is 485 g/mol. The highest BCUT2D eigenvalue weighted by Gasteiger charge is 2.61. The van der Waals surface area contributed by atoms with E-state index in [-0.39, 0.29) is 43.9 Å². The van der Waals surface area contributed by atoms with Gasteiger partial charge < -0.3 is 14.5 Å². The van der Waals surface area contributed by atoms with E-state index in [0.29, 0.717) is 25.0 Å². The van der Waals surface area contributed by atoms with Gasteiger partial charge in [0, 0.05) is 31.0 Å². The third-order valence-corrected chi connectivity index (χ3v) is 8.65. The number of likely N-dealkylation sites (tertiary alicyclic amines) is 2. The van der Waals surface area contributed by atoms with Crippen LogP contribution < -0.4 is 0 Å². The molecule has 0 aromatic carbocycles. The van der Waals surface area contributed by atoms with Crippen LogP contribution in [-0.4, -0.2) is 81.3 Å². The Hall–Kier alpha value is -1.91. The molecule has 6 rings (SSSR count). The van der Waals surface area contributed by atoms with Gasteiger partial charge >= 0.3 is 6.03 Å². The lowest BCUT2D eigenvalue weighted by Crippen LogP contribution is -2.67. The Kier molecular flexibility index (Phi) is 4.84. The number of carbonyl (C=O) groups excluding carboxylic acids is 1. The standard InChI is InChI=1S/C23H31F4N5O2/c1-20(24,25)22(5-6-22)13-34-17-4-7-30(12-23(17,26)27)19(33)31-10-21(11-31)8-16(9-21)32-14-28-18(29-32)15-2-3-15/h14-17H,2-13H2,1H3. The summed E-state index contributed by atoms with van der Waals surface area (Å²) in [4.78, 5) is 20.1. The topological polar surface area (TPSA) is 63.5 Å². The van der Waals surface area contributed by atoms with Gasteiger partial charge in [-0.3, -0.25) is 0 Å². The maximum Gasteiger partial charge on any atom is 0.320 e. The van der Waals surface area contributed by atoms with E-state index in [9.17, 15) is 22.4 Å². The largest absolute Gasteiger partial charge is 0.371 e. The molecule has 0 radical (unpaired) electrons. The fourth-order valence-corrected chi connectivity index (χ4v) is 5.89. The van der Waals surface area contributed by atoms with Crippen LogP contribution in [-0.2, 0) is 4.74 Å². The van der Waals surface area contributed by atoms with Crippen LogP contribution in [0.3, 0.4) is 0 Å². The number of rotatable bonds is 6. The summed E-state index contributed by atoms with van der Waals surface area (Å²) in [5.74, 6) is -4.76. The molecule has 2 aliphatic heterocycles. The van der Waals surface area contributed by atoms with Crippen molar-refractivity contribution in [3.05, 3.63) is 12.2 Å². The molecule has 0 N–H and O–H groups in total. The molecule has 34 heavy (non-hydrogen) atoms. The zero-order valence-electron chi connectivity index (χ0n) is 19.4. The first-order valence-electron chi connectivity index (χ1n) is 12.3. The van der Waals surface area contributed by atoms with E-state index in [2.05, 4.69) is 10.1 Å². The molecule has 3 heterocycles. The van der Waals surface area contributed by atoms with E-state index in [4.69, 9.17) is 4.74 Å². The second kappa shape index (κ2) is 7.30. The lowest BCUT2D eigenvalue weighted by atomic mass is 9.61. The highest BCUT2D eigenvalue weighted by atomic mass is 19.3. The molecule has 1 aromatic heterocycles. The number of urea groups is 1. The summed E-state index contributed by atoms with van der Waals surface area (Å²) >= 11 is 0. The van der Waals surface area contributed by atoms with Crippen molar-refractivity contribution >= 4 is 6.03 Å². The number of nitrogens with zero attached hydrogens (tertiary/aromatic N) is 5. The smallest absolute Gasteiger partial charge is 0.320 e. The number of amides is 2. The van der Waals surface area contributed by atoms with Crippen molar-refractivity contribution in [2.24, 2.45) is 10.8 Å². The molecule has 5 fully saturated rings. The molecule has 3 aliphatic carbocycles. The van der Waals surface area contributed by atoms with Crippen LogP contribution in [0.2, 0.25) is 0 Å². The Morgan fingerprint density at radius 2 is 1.85 bits per heavy atom. The van der Waals surface area contributed by atoms with Crippen molar-refractivity contribution in [1.29, 1.82) is 0 Å². The van der Waals surface area contributed by atoms with Crippen LogP contribution in [0.4, 0.5) is 22.4 Å². The Morgan fingerprint density at radius 3 is 2.44 bits per heavy atom. The van der Waals surface area contributed by atoms with Crippen LogP contribution in [0.15, 0.2) is 6.33 Å². The molecule has 11 heteroatoms. The first-order chi connectivity index (χ1) is 16.0. The van der Waals surface area contributed by atoms with E-state index in [1.54, 1.807) is 11.2 Å². The molecule has 5 aliphatic rings. The van der Waals surface area contributed by atoms with Gasteiger partial charge in [0.15, 0.2) is 5.82 Å². The lowest BCUT2D eigenvalue weighted by molar-refractivity contribution is -0.189. The van der Waals surface area contributed by atoms with Crippen molar-refractivity contribution in [2.45, 2.75) is 81.8 Å². The third kappa shape index (κ3) is 3.78. The maximum atomic E-state index is 14.7. The highest BCUT2D eigenvalue weighted by Crippen LogP contribution is 2.57. The van der Waals surface area contributed by atoms with Crippen LogP contribution in [0.1, 0.15) is 69.7 Å². The summed E-state index contributed by atoms with van der Waals surface area (Å²) in [6.07, 6.45) is 5.04. The van der Waals surface area contributed by atoms with E-state index in [1.165, 1.54) is 4.90 Å². The van der Waals surface area contributed by atoms with Gasteiger partial charge in [-0.1, -0.05) is 0 Å². The number of aromatic nitrogens is 3. The average molecular weight is 486 g/mol. The maximum absolute atomic E-state index is 14.7. The van der Waals surface area contributed by atoms with E-state index in [0.717, 1.165) is 38.4 Å². The second-order valence-corrected chi connectivity index (χ2v) is 11.5. The molecule has 1 unspecified atom stereocenters. The zero-order chi connectivity index (χ0) is 23.9. The van der Waals surface area contributed by atoms with Crippen LogP contribution in [0.5, 0.6) is 0 Å². The minimum Gasteiger partial charge on any atom is -0.371 e. The summed E-state index contributed by atoms with van der Waals surface area (Å²) in [6, 6.07) is -0.0810. The lowest BCUT2D eigenvalue weighted by Gasteiger charge is -2.59. The van der Waals surface area contributed by atoms with Crippen molar-refractivity contribution in [1.82, 2.24) is 24.6 Å². The fourth-order valence-electron chi connectivity index (χ4n) is 5.89. The molecule has 1 aromatic rings. The molecule has 3 saturated carbocycles. The summed E-state index contributed by atoms with van der Waals surface area (Å²) < 4.78 is 64.2. The van der Waals surface area contributed by atoms with Gasteiger partial charge in [-0.25, -0.2) is 32.0 Å². The van der Waals surface area contributed by atoms with Gasteiger partial charge in [0.05, 0.1) is 24.6 Å². The third-order valence-electron chi connectivity index (χ3n) is 8.65. The zero-order valence-corrected chi connectivity index (χ0v) is 19.4. The summed E-state index contributed by atoms with van der Waals surface area (Å²) in [5, 5.41) is 4.60. The number of piperidine rings is 1. The quantitative estimate of drug-likeness (QED) is 0.570. The van der Waals surface area contributed by atoms with Crippen LogP contribution in [0, 0.1) is 10.8 Å². The Morgan fingerprint density at radius 1 is 1.15 bits per heavy atom. The van der Waals surface area contributed by atoms with Crippen molar-refractivity contribution in [2.75, 3.05) is 32.8 Å². The van der Waals surface area contributed by atoms with Gasteiger partial charge in [0.1, 0.15) is 12.4 Å². The first kappa shape index (κ1) is 22.5. The number of carbonyl (C=O) groups is 1. The Balaban J connectivity index is 0.976. The minimum absolute atomic E-state index is 0.0548. The van der Waals surface area contributed by atoms with Gasteiger partial charge in [-0.2, -0.15) is 5.10 Å². The number of hydrogen-bond donors (Lipinski definition) is 0. The molecule has 0 bridgehead atoms. The highest BCUT2D eigenvalue weighted by molar-refractivity contribution is 5.76. The Bertz CT molecular complexity index is 957. The predicted molar refractivity (Wildman–Crippen MR) is 113 cm³/mol. The molecular formula is C23H31F4N5O2. The van der Waals surface area contributed by atoms with Crippen molar-refractivity contribution in [3.63, 3.8) is 0 Å². The van der Waals surface area contributed by atoms with Gasteiger partial charge in [0.25, 0.3) is 11.8 Å². The molecule has 188 valence electrons. The molecule has 2 saturated heterocycles. The second-order valence-electron chi connectivity index (χ2n) is 11.5. The summed E-state index contributed by atoms with van der Waals surface area (Å²) in [7, 11) is 0. The van der Waals surface area contributed by atoms with Gasteiger partial charge in [-0.15, -0.1) is 0 Å². The predicted octanol–water partition coefficient (Wildman–Crippen LogP) is 4.07. The van der Waals surface area contributed by atoms with E-state index < -0.39 is 29.9 Å². The molecule has 7 nitrogen and oxygen atoms in total. The number of alkyl halides is 4. The number of halogens is 4. The summed E-state index contributed by atoms with van der Waals surface area (Å²) in [6.45, 7) is 1.01. The molecule has 1 atom stereocenters. The molecule has 2 amide bonds. The van der Waals surface area contributed by atoms with E-state index in [1.807, 2.05) is 4.68 Å². The minimum atomic E-state index is -3.26. The normalized spacial score (nSPS) is 29.6. The van der Waals surface area contributed by atoms with E-state index >= 15 is 0 Å². The van der Waals surface area contributed by atoms with Gasteiger partial charge in [0.2, 0.25) is 0 Å². The van der Waals surface area contributed by atoms with Crippen LogP contribution >= 0.6 is 0 Å². The first-order valence-corrected chi connectivity index (χ1v) is 12.3. The fraction of sp³-hybridized carbons (Fsp3) is 0.870. The SMILES string of the molecule is CC(F)(F)C1(COC2CCN(C(=O)N3CC4(CC(n5cnc(C6CC6)n5)C4)C3)CC2(F)F)CC1. The van der Waals surface area contributed by atoms with Gasteiger partial charge in [-0.05, 0) is 51.9 Å². The summed E-state index contributed by atoms with van der Waals surface area (Å²) in [5.41, 5.74) is -1.26. The average Bonchev–Trinajstić information content (AvgIpc) is 3.62. The molecular weight excluding hydrogens is 454 g/mol.